The highest BCUT2D eigenvalue weighted by Gasteiger charge is 2.21. The lowest BCUT2D eigenvalue weighted by atomic mass is 10.0. The number of halogens is 2. The van der Waals surface area contributed by atoms with E-state index in [0.717, 1.165) is 23.9 Å². The summed E-state index contributed by atoms with van der Waals surface area (Å²) in [5, 5.41) is 2.72. The Hall–Kier alpha value is -1.56. The Bertz CT molecular complexity index is 630. The SMILES string of the molecule is CC(C)C(C)C(=O)Sc1cc(C(=O)N=[N+]=[N-])c(F)cc1Cl. The van der Waals surface area contributed by atoms with Gasteiger partial charge < -0.3 is 0 Å². The molecule has 0 aliphatic carbocycles. The number of carbonyl (C=O) groups excluding carboxylic acids is 2. The zero-order valence-corrected chi connectivity index (χ0v) is 13.2. The van der Waals surface area contributed by atoms with E-state index in [2.05, 4.69) is 10.0 Å². The first-order valence-electron chi connectivity index (χ1n) is 6.08. The fourth-order valence-corrected chi connectivity index (χ4v) is 2.61. The summed E-state index contributed by atoms with van der Waals surface area (Å²) >= 11 is 6.72. The Morgan fingerprint density at radius 2 is 2.00 bits per heavy atom. The van der Waals surface area contributed by atoms with Crippen LogP contribution in [0.2, 0.25) is 5.02 Å². The summed E-state index contributed by atoms with van der Waals surface area (Å²) in [6.07, 6.45) is 0. The fourth-order valence-electron chi connectivity index (χ4n) is 1.34. The van der Waals surface area contributed by atoms with Gasteiger partial charge in [-0.05, 0) is 28.7 Å². The predicted molar refractivity (Wildman–Crippen MR) is 79.8 cm³/mol. The normalized spacial score (nSPS) is 11.9. The molecule has 1 aromatic rings. The average Bonchev–Trinajstić information content (AvgIpc) is 2.40. The smallest absolute Gasteiger partial charge is 0.252 e. The molecule has 1 amide bonds. The maximum atomic E-state index is 13.6. The minimum atomic E-state index is -1.06. The molecule has 0 heterocycles. The van der Waals surface area contributed by atoms with E-state index in [1.165, 1.54) is 0 Å². The molecule has 1 atom stereocenters. The molecule has 0 bridgehead atoms. The van der Waals surface area contributed by atoms with Crippen LogP contribution >= 0.6 is 23.4 Å². The van der Waals surface area contributed by atoms with Crippen molar-refractivity contribution in [3.8, 4) is 0 Å². The fraction of sp³-hybridized carbons (Fsp3) is 0.385. The second-order valence-electron chi connectivity index (χ2n) is 4.71. The number of benzene rings is 1. The van der Waals surface area contributed by atoms with Gasteiger partial charge in [0.05, 0.1) is 10.6 Å². The predicted octanol–water partition coefficient (Wildman–Crippen LogP) is 4.84. The van der Waals surface area contributed by atoms with Gasteiger partial charge >= 0.3 is 0 Å². The highest BCUT2D eigenvalue weighted by atomic mass is 35.5. The number of thioether (sulfide) groups is 1. The van der Waals surface area contributed by atoms with Crippen molar-refractivity contribution in [1.29, 1.82) is 0 Å². The monoisotopic (exact) mass is 329 g/mol. The number of hydrogen-bond acceptors (Lipinski definition) is 3. The quantitative estimate of drug-likeness (QED) is 0.343. The van der Waals surface area contributed by atoms with Gasteiger partial charge in [-0.3, -0.25) is 9.59 Å². The number of carbonyl (C=O) groups is 2. The van der Waals surface area contributed by atoms with Crippen molar-refractivity contribution >= 4 is 34.4 Å². The average molecular weight is 330 g/mol. The molecule has 21 heavy (non-hydrogen) atoms. The van der Waals surface area contributed by atoms with Crippen molar-refractivity contribution < 1.29 is 14.0 Å². The summed E-state index contributed by atoms with van der Waals surface area (Å²) in [7, 11) is 0. The number of rotatable bonds is 4. The Morgan fingerprint density at radius 1 is 1.38 bits per heavy atom. The number of azide groups is 1. The number of nitrogens with zero attached hydrogens (tertiary/aromatic N) is 3. The van der Waals surface area contributed by atoms with Crippen molar-refractivity contribution in [1.82, 2.24) is 0 Å². The Kier molecular flexibility index (Phi) is 6.20. The van der Waals surface area contributed by atoms with Gasteiger partial charge in [0.25, 0.3) is 5.91 Å². The topological polar surface area (TPSA) is 82.9 Å². The number of amides is 1. The molecule has 1 aromatic carbocycles. The van der Waals surface area contributed by atoms with E-state index in [0.29, 0.717) is 0 Å². The van der Waals surface area contributed by atoms with Gasteiger partial charge in [-0.25, -0.2) is 4.39 Å². The summed E-state index contributed by atoms with van der Waals surface area (Å²) < 4.78 is 13.6. The van der Waals surface area contributed by atoms with E-state index in [-0.39, 0.29) is 26.9 Å². The summed E-state index contributed by atoms with van der Waals surface area (Å²) in [5.74, 6) is -2.02. The Balaban J connectivity index is 3.14. The lowest BCUT2D eigenvalue weighted by Crippen LogP contribution is -2.13. The van der Waals surface area contributed by atoms with E-state index in [1.54, 1.807) is 6.92 Å². The second kappa shape index (κ2) is 7.45. The molecule has 112 valence electrons. The third-order valence-electron chi connectivity index (χ3n) is 2.97. The molecule has 1 rings (SSSR count). The minimum Gasteiger partial charge on any atom is -0.287 e. The zero-order chi connectivity index (χ0) is 16.2. The first-order chi connectivity index (χ1) is 9.77. The van der Waals surface area contributed by atoms with Gasteiger partial charge in [0.15, 0.2) is 5.12 Å². The third-order valence-corrected chi connectivity index (χ3v) is 4.53. The van der Waals surface area contributed by atoms with Crippen LogP contribution in [-0.2, 0) is 4.79 Å². The van der Waals surface area contributed by atoms with Crippen LogP contribution < -0.4 is 0 Å². The van der Waals surface area contributed by atoms with E-state index in [9.17, 15) is 14.0 Å². The van der Waals surface area contributed by atoms with E-state index < -0.39 is 17.3 Å². The molecule has 0 aliphatic rings. The highest BCUT2D eigenvalue weighted by Crippen LogP contribution is 2.33. The Labute approximate surface area is 130 Å². The van der Waals surface area contributed by atoms with Crippen LogP contribution in [0.5, 0.6) is 0 Å². The molecule has 0 saturated carbocycles. The molecule has 0 spiro atoms. The molecule has 0 N–H and O–H groups in total. The van der Waals surface area contributed by atoms with Crippen molar-refractivity contribution in [3.05, 3.63) is 39.0 Å². The first kappa shape index (κ1) is 17.5. The third kappa shape index (κ3) is 4.46. The lowest BCUT2D eigenvalue weighted by molar-refractivity contribution is -0.114. The van der Waals surface area contributed by atoms with E-state index >= 15 is 0 Å². The molecular weight excluding hydrogens is 317 g/mol. The standard InChI is InChI=1S/C13H13ClFN3O2S/c1-6(2)7(3)13(20)21-11-4-8(12(19)17-18-16)10(15)5-9(11)14/h4-7H,1-3H3. The molecule has 0 fully saturated rings. The van der Waals surface area contributed by atoms with Crippen molar-refractivity contribution in [3.63, 3.8) is 0 Å². The number of hydrogen-bond donors (Lipinski definition) is 0. The zero-order valence-electron chi connectivity index (χ0n) is 11.6. The molecule has 0 saturated heterocycles. The Morgan fingerprint density at radius 3 is 2.52 bits per heavy atom. The summed E-state index contributed by atoms with van der Waals surface area (Å²) in [6, 6.07) is 2.06. The lowest BCUT2D eigenvalue weighted by Gasteiger charge is -2.14. The van der Waals surface area contributed by atoms with Crippen molar-refractivity contribution in [2.75, 3.05) is 0 Å². The van der Waals surface area contributed by atoms with Crippen molar-refractivity contribution in [2.45, 2.75) is 25.7 Å². The maximum absolute atomic E-state index is 13.6. The van der Waals surface area contributed by atoms with Crippen LogP contribution in [-0.4, -0.2) is 11.0 Å². The molecule has 0 aliphatic heterocycles. The maximum Gasteiger partial charge on any atom is 0.252 e. The van der Waals surface area contributed by atoms with Crippen LogP contribution in [0.4, 0.5) is 4.39 Å². The first-order valence-corrected chi connectivity index (χ1v) is 7.27. The molecule has 1 unspecified atom stereocenters. The van der Waals surface area contributed by atoms with E-state index in [1.807, 2.05) is 13.8 Å². The van der Waals surface area contributed by atoms with Crippen LogP contribution in [0.1, 0.15) is 31.1 Å². The molecule has 0 aromatic heterocycles. The van der Waals surface area contributed by atoms with Gasteiger partial charge in [-0.15, -0.1) is 0 Å². The van der Waals surface area contributed by atoms with Gasteiger partial charge in [-0.1, -0.05) is 44.1 Å². The van der Waals surface area contributed by atoms with Crippen LogP contribution in [0.3, 0.4) is 0 Å². The molecule has 5 nitrogen and oxygen atoms in total. The van der Waals surface area contributed by atoms with E-state index in [4.69, 9.17) is 17.1 Å². The molecular formula is C13H13ClFN3O2S. The van der Waals surface area contributed by atoms with Crippen LogP contribution in [0.15, 0.2) is 22.1 Å². The summed E-state index contributed by atoms with van der Waals surface area (Å²) in [4.78, 5) is 26.1. The van der Waals surface area contributed by atoms with Gasteiger partial charge in [0.1, 0.15) is 5.82 Å². The van der Waals surface area contributed by atoms with Gasteiger partial charge in [0, 0.05) is 15.7 Å². The van der Waals surface area contributed by atoms with Gasteiger partial charge in [0.2, 0.25) is 0 Å². The second-order valence-corrected chi connectivity index (χ2v) is 6.16. The summed E-state index contributed by atoms with van der Waals surface area (Å²) in [6.45, 7) is 5.60. The largest absolute Gasteiger partial charge is 0.287 e. The minimum absolute atomic E-state index is 0.0271. The van der Waals surface area contributed by atoms with Crippen molar-refractivity contribution in [2.24, 2.45) is 17.0 Å². The van der Waals surface area contributed by atoms with Crippen LogP contribution in [0.25, 0.3) is 10.4 Å². The van der Waals surface area contributed by atoms with Crippen LogP contribution in [0, 0.1) is 17.7 Å². The van der Waals surface area contributed by atoms with Gasteiger partial charge in [-0.2, -0.15) is 0 Å². The molecule has 8 heteroatoms. The highest BCUT2D eigenvalue weighted by molar-refractivity contribution is 8.13. The molecule has 0 radical (unpaired) electrons. The summed E-state index contributed by atoms with van der Waals surface area (Å²) in [5.41, 5.74) is 7.81.